The fourth-order valence-electron chi connectivity index (χ4n) is 1.73. The van der Waals surface area contributed by atoms with Gasteiger partial charge in [0.05, 0.1) is 0 Å². The summed E-state index contributed by atoms with van der Waals surface area (Å²) in [5.74, 6) is 0.00228. The number of hydrogen-bond acceptors (Lipinski definition) is 3. The summed E-state index contributed by atoms with van der Waals surface area (Å²) in [4.78, 5) is 17.5. The van der Waals surface area contributed by atoms with Crippen LogP contribution in [0.1, 0.15) is 15.9 Å². The van der Waals surface area contributed by atoms with Gasteiger partial charge in [0.25, 0.3) is 5.91 Å². The molecule has 5 heteroatoms. The van der Waals surface area contributed by atoms with Gasteiger partial charge in [0.2, 0.25) is 0 Å². The molecule has 1 aromatic heterocycles. The number of aromatic hydroxyl groups is 1. The molecule has 1 N–H and O–H groups in total. The number of benzene rings is 1. The molecule has 0 aliphatic carbocycles. The van der Waals surface area contributed by atoms with Gasteiger partial charge in [-0.1, -0.05) is 29.8 Å². The first-order valence-corrected chi connectivity index (χ1v) is 6.09. The molecule has 1 amide bonds. The summed E-state index contributed by atoms with van der Waals surface area (Å²) >= 11 is 5.76. The number of rotatable bonds is 3. The summed E-state index contributed by atoms with van der Waals surface area (Å²) in [6.45, 7) is 0.325. The smallest absolute Gasteiger partial charge is 0.254 e. The zero-order chi connectivity index (χ0) is 13.8. The number of para-hydroxylation sites is 1. The molecule has 0 saturated heterocycles. The van der Waals surface area contributed by atoms with Crippen LogP contribution in [0.5, 0.6) is 5.75 Å². The number of aromatic nitrogens is 1. The Bertz CT molecular complexity index is 602. The standard InChI is InChI=1S/C14H13ClN2O2/c1-17(9-11-4-2-3-5-12(11)18)14(19)10-6-7-16-13(15)8-10/h2-8,18H,9H2,1H3. The lowest BCUT2D eigenvalue weighted by molar-refractivity contribution is 0.0784. The number of amides is 1. The summed E-state index contributed by atoms with van der Waals surface area (Å²) < 4.78 is 0. The van der Waals surface area contributed by atoms with Crippen LogP contribution in [-0.2, 0) is 6.54 Å². The third kappa shape index (κ3) is 3.23. The first-order chi connectivity index (χ1) is 9.08. The maximum atomic E-state index is 12.2. The summed E-state index contributed by atoms with van der Waals surface area (Å²) in [7, 11) is 1.67. The predicted molar refractivity (Wildman–Crippen MR) is 73.2 cm³/mol. The van der Waals surface area contributed by atoms with Crippen molar-refractivity contribution in [2.75, 3.05) is 7.05 Å². The minimum Gasteiger partial charge on any atom is -0.508 e. The molecule has 19 heavy (non-hydrogen) atoms. The van der Waals surface area contributed by atoms with Gasteiger partial charge in [-0.2, -0.15) is 0 Å². The third-order valence-corrected chi connectivity index (χ3v) is 2.93. The van der Waals surface area contributed by atoms with Crippen LogP contribution in [0.2, 0.25) is 5.15 Å². The van der Waals surface area contributed by atoms with Gasteiger partial charge in [0.1, 0.15) is 10.9 Å². The van der Waals surface area contributed by atoms with Crippen molar-refractivity contribution in [1.29, 1.82) is 0 Å². The van der Waals surface area contributed by atoms with Crippen LogP contribution in [0.15, 0.2) is 42.6 Å². The van der Waals surface area contributed by atoms with Crippen LogP contribution in [0.3, 0.4) is 0 Å². The van der Waals surface area contributed by atoms with Crippen molar-refractivity contribution in [1.82, 2.24) is 9.88 Å². The van der Waals surface area contributed by atoms with Crippen molar-refractivity contribution in [3.63, 3.8) is 0 Å². The zero-order valence-corrected chi connectivity index (χ0v) is 11.1. The van der Waals surface area contributed by atoms with E-state index in [1.165, 1.54) is 17.2 Å². The summed E-state index contributed by atoms with van der Waals surface area (Å²) in [5.41, 5.74) is 1.16. The van der Waals surface area contributed by atoms with E-state index in [-0.39, 0.29) is 16.8 Å². The number of carbonyl (C=O) groups excluding carboxylic acids is 1. The number of hydrogen-bond donors (Lipinski definition) is 1. The molecule has 0 aliphatic rings. The molecular weight excluding hydrogens is 264 g/mol. The maximum Gasteiger partial charge on any atom is 0.254 e. The van der Waals surface area contributed by atoms with Gasteiger partial charge in [-0.15, -0.1) is 0 Å². The van der Waals surface area contributed by atoms with Crippen LogP contribution < -0.4 is 0 Å². The van der Waals surface area contributed by atoms with Gasteiger partial charge >= 0.3 is 0 Å². The van der Waals surface area contributed by atoms with Gasteiger partial charge in [-0.25, -0.2) is 4.98 Å². The van der Waals surface area contributed by atoms with Gasteiger partial charge in [-0.05, 0) is 18.2 Å². The second-order valence-electron chi connectivity index (χ2n) is 4.16. The second-order valence-corrected chi connectivity index (χ2v) is 4.54. The molecular formula is C14H13ClN2O2. The maximum absolute atomic E-state index is 12.2. The molecule has 0 fully saturated rings. The SMILES string of the molecule is CN(Cc1ccccc1O)C(=O)c1ccnc(Cl)c1. The zero-order valence-electron chi connectivity index (χ0n) is 10.4. The average Bonchev–Trinajstić information content (AvgIpc) is 2.40. The minimum absolute atomic E-state index is 0.174. The minimum atomic E-state index is -0.174. The Labute approximate surface area is 116 Å². The van der Waals surface area contributed by atoms with Crippen LogP contribution in [0.4, 0.5) is 0 Å². The molecule has 2 aromatic rings. The van der Waals surface area contributed by atoms with Gasteiger partial charge in [-0.3, -0.25) is 4.79 Å². The van der Waals surface area contributed by atoms with E-state index in [0.29, 0.717) is 17.7 Å². The van der Waals surface area contributed by atoms with E-state index in [2.05, 4.69) is 4.98 Å². The molecule has 1 heterocycles. The molecule has 0 bridgehead atoms. The van der Waals surface area contributed by atoms with Crippen LogP contribution >= 0.6 is 11.6 Å². The number of pyridine rings is 1. The highest BCUT2D eigenvalue weighted by atomic mass is 35.5. The summed E-state index contributed by atoms with van der Waals surface area (Å²) in [6.07, 6.45) is 1.49. The highest BCUT2D eigenvalue weighted by Gasteiger charge is 2.13. The van der Waals surface area contributed by atoms with Crippen molar-refractivity contribution in [3.8, 4) is 5.75 Å². The van der Waals surface area contributed by atoms with Crippen molar-refractivity contribution in [2.45, 2.75) is 6.54 Å². The fraction of sp³-hybridized carbons (Fsp3) is 0.143. The lowest BCUT2D eigenvalue weighted by Crippen LogP contribution is -2.26. The molecule has 0 saturated carbocycles. The molecule has 0 atom stereocenters. The van der Waals surface area contributed by atoms with Crippen molar-refractivity contribution in [3.05, 3.63) is 58.9 Å². The normalized spacial score (nSPS) is 10.2. The Morgan fingerprint density at radius 3 is 2.79 bits per heavy atom. The molecule has 4 nitrogen and oxygen atoms in total. The Morgan fingerprint density at radius 2 is 2.11 bits per heavy atom. The van der Waals surface area contributed by atoms with E-state index in [9.17, 15) is 9.90 Å². The Hall–Kier alpha value is -2.07. The highest BCUT2D eigenvalue weighted by molar-refractivity contribution is 6.29. The van der Waals surface area contributed by atoms with Gasteiger partial charge in [0.15, 0.2) is 0 Å². The molecule has 0 spiro atoms. The van der Waals surface area contributed by atoms with Gasteiger partial charge in [0, 0.05) is 30.9 Å². The van der Waals surface area contributed by atoms with Crippen molar-refractivity contribution >= 4 is 17.5 Å². The quantitative estimate of drug-likeness (QED) is 0.877. The third-order valence-electron chi connectivity index (χ3n) is 2.72. The van der Waals surface area contributed by atoms with E-state index < -0.39 is 0 Å². The summed E-state index contributed by atoms with van der Waals surface area (Å²) in [6, 6.07) is 10.1. The van der Waals surface area contributed by atoms with E-state index in [1.807, 2.05) is 6.07 Å². The second kappa shape index (κ2) is 5.71. The Balaban J connectivity index is 2.14. The van der Waals surface area contributed by atoms with Crippen molar-refractivity contribution < 1.29 is 9.90 Å². The molecule has 98 valence electrons. The molecule has 0 radical (unpaired) electrons. The van der Waals surface area contributed by atoms with Crippen LogP contribution in [0, 0.1) is 0 Å². The fourth-order valence-corrected chi connectivity index (χ4v) is 1.90. The molecule has 0 aliphatic heterocycles. The largest absolute Gasteiger partial charge is 0.508 e. The average molecular weight is 277 g/mol. The molecule has 0 unspecified atom stereocenters. The number of carbonyl (C=O) groups is 1. The molecule has 2 rings (SSSR count). The van der Waals surface area contributed by atoms with E-state index in [0.717, 1.165) is 0 Å². The number of phenolic OH excluding ortho intramolecular Hbond substituents is 1. The van der Waals surface area contributed by atoms with Crippen LogP contribution in [0.25, 0.3) is 0 Å². The highest BCUT2D eigenvalue weighted by Crippen LogP contribution is 2.18. The predicted octanol–water partition coefficient (Wildman–Crippen LogP) is 2.71. The number of nitrogens with zero attached hydrogens (tertiary/aromatic N) is 2. The lowest BCUT2D eigenvalue weighted by atomic mass is 10.1. The molecule has 1 aromatic carbocycles. The van der Waals surface area contributed by atoms with Crippen molar-refractivity contribution in [2.24, 2.45) is 0 Å². The Morgan fingerprint density at radius 1 is 1.37 bits per heavy atom. The summed E-state index contributed by atoms with van der Waals surface area (Å²) in [5, 5.41) is 9.97. The first-order valence-electron chi connectivity index (χ1n) is 5.72. The number of phenols is 1. The Kier molecular flexibility index (Phi) is 4.02. The lowest BCUT2D eigenvalue weighted by Gasteiger charge is -2.18. The van der Waals surface area contributed by atoms with E-state index in [1.54, 1.807) is 31.3 Å². The topological polar surface area (TPSA) is 53.4 Å². The first kappa shape index (κ1) is 13.4. The monoisotopic (exact) mass is 276 g/mol. The number of halogens is 1. The van der Waals surface area contributed by atoms with Crippen LogP contribution in [-0.4, -0.2) is 27.9 Å². The van der Waals surface area contributed by atoms with E-state index >= 15 is 0 Å². The van der Waals surface area contributed by atoms with Gasteiger partial charge < -0.3 is 10.0 Å². The van der Waals surface area contributed by atoms with E-state index in [4.69, 9.17) is 11.6 Å².